The highest BCUT2D eigenvalue weighted by atomic mass is 16.5. The van der Waals surface area contributed by atoms with Crippen LogP contribution in [0.2, 0.25) is 0 Å². The van der Waals surface area contributed by atoms with E-state index in [4.69, 9.17) is 10.5 Å². The molecule has 1 aliphatic heterocycles. The molecule has 0 aromatic carbocycles. The highest BCUT2D eigenvalue weighted by Crippen LogP contribution is 2.33. The molecule has 18 heavy (non-hydrogen) atoms. The standard InChI is InChI=1S/C14H21N3O/c15-7-6-11-3-2-8-16-14(11)17-9-10-18-13-5-1-4-12(13)17/h2-3,8,12-13H,1,4-7,9-10,15H2. The largest absolute Gasteiger partial charge is 0.374 e. The first kappa shape index (κ1) is 11.9. The molecule has 1 aliphatic carbocycles. The van der Waals surface area contributed by atoms with Gasteiger partial charge in [-0.1, -0.05) is 6.07 Å². The van der Waals surface area contributed by atoms with Crippen LogP contribution < -0.4 is 10.6 Å². The molecular formula is C14H21N3O. The Kier molecular flexibility index (Phi) is 3.48. The van der Waals surface area contributed by atoms with Gasteiger partial charge >= 0.3 is 0 Å². The Bertz CT molecular complexity index is 410. The molecule has 98 valence electrons. The smallest absolute Gasteiger partial charge is 0.132 e. The van der Waals surface area contributed by atoms with Crippen LogP contribution in [0.25, 0.3) is 0 Å². The maximum atomic E-state index is 5.86. The van der Waals surface area contributed by atoms with E-state index in [1.165, 1.54) is 24.8 Å². The van der Waals surface area contributed by atoms with Crippen molar-refractivity contribution < 1.29 is 4.74 Å². The van der Waals surface area contributed by atoms with Gasteiger partial charge in [-0.25, -0.2) is 4.98 Å². The molecule has 4 heteroatoms. The zero-order valence-electron chi connectivity index (χ0n) is 10.7. The molecule has 0 spiro atoms. The number of rotatable bonds is 3. The van der Waals surface area contributed by atoms with Crippen molar-refractivity contribution in [1.82, 2.24) is 4.98 Å². The van der Waals surface area contributed by atoms with E-state index in [0.717, 1.165) is 25.4 Å². The minimum Gasteiger partial charge on any atom is -0.374 e. The minimum absolute atomic E-state index is 0.409. The molecule has 2 N–H and O–H groups in total. The fourth-order valence-corrected chi connectivity index (χ4v) is 3.23. The Hall–Kier alpha value is -1.13. The predicted molar refractivity (Wildman–Crippen MR) is 71.7 cm³/mol. The van der Waals surface area contributed by atoms with Crippen LogP contribution in [0.3, 0.4) is 0 Å². The third-order valence-corrected chi connectivity index (χ3v) is 4.04. The molecule has 2 unspecified atom stereocenters. The lowest BCUT2D eigenvalue weighted by molar-refractivity contribution is 0.0252. The highest BCUT2D eigenvalue weighted by molar-refractivity contribution is 5.49. The van der Waals surface area contributed by atoms with Crippen LogP contribution in [0.5, 0.6) is 0 Å². The summed E-state index contributed by atoms with van der Waals surface area (Å²) in [7, 11) is 0. The number of nitrogens with two attached hydrogens (primary N) is 1. The molecule has 3 rings (SSSR count). The average Bonchev–Trinajstić information content (AvgIpc) is 2.88. The molecule has 2 heterocycles. The van der Waals surface area contributed by atoms with Gasteiger partial charge in [0.2, 0.25) is 0 Å². The highest BCUT2D eigenvalue weighted by Gasteiger charge is 2.37. The van der Waals surface area contributed by atoms with Crippen molar-refractivity contribution in [3.8, 4) is 0 Å². The van der Waals surface area contributed by atoms with Crippen LogP contribution in [0.15, 0.2) is 18.3 Å². The fourth-order valence-electron chi connectivity index (χ4n) is 3.23. The normalized spacial score (nSPS) is 27.3. The molecule has 2 aliphatic rings. The van der Waals surface area contributed by atoms with E-state index >= 15 is 0 Å². The zero-order chi connectivity index (χ0) is 12.4. The van der Waals surface area contributed by atoms with Crippen LogP contribution in [0, 0.1) is 0 Å². The van der Waals surface area contributed by atoms with Crippen molar-refractivity contribution in [3.63, 3.8) is 0 Å². The van der Waals surface area contributed by atoms with E-state index in [1.54, 1.807) is 0 Å². The molecule has 4 nitrogen and oxygen atoms in total. The van der Waals surface area contributed by atoms with Crippen LogP contribution >= 0.6 is 0 Å². The first-order valence-corrected chi connectivity index (χ1v) is 6.92. The van der Waals surface area contributed by atoms with Crippen molar-refractivity contribution in [1.29, 1.82) is 0 Å². The van der Waals surface area contributed by atoms with Crippen molar-refractivity contribution in [2.45, 2.75) is 37.8 Å². The van der Waals surface area contributed by atoms with E-state index in [0.29, 0.717) is 18.7 Å². The number of fused-ring (bicyclic) bond motifs is 1. The third-order valence-electron chi connectivity index (χ3n) is 4.04. The van der Waals surface area contributed by atoms with Gasteiger partial charge in [0.05, 0.1) is 18.8 Å². The van der Waals surface area contributed by atoms with Crippen LogP contribution in [0.1, 0.15) is 24.8 Å². The van der Waals surface area contributed by atoms with Gasteiger partial charge in [-0.15, -0.1) is 0 Å². The van der Waals surface area contributed by atoms with Crippen LogP contribution in [-0.4, -0.2) is 36.8 Å². The Morgan fingerprint density at radius 3 is 3.28 bits per heavy atom. The Balaban J connectivity index is 1.88. The Labute approximate surface area is 108 Å². The summed E-state index contributed by atoms with van der Waals surface area (Å²) in [6.45, 7) is 2.45. The van der Waals surface area contributed by atoms with E-state index in [2.05, 4.69) is 16.0 Å². The summed E-state index contributed by atoms with van der Waals surface area (Å²) in [5, 5.41) is 0. The molecule has 0 amide bonds. The van der Waals surface area contributed by atoms with Gasteiger partial charge in [-0.3, -0.25) is 0 Å². The van der Waals surface area contributed by atoms with Gasteiger partial charge in [-0.05, 0) is 43.9 Å². The second-order valence-corrected chi connectivity index (χ2v) is 5.13. The topological polar surface area (TPSA) is 51.4 Å². The molecule has 1 aromatic rings. The molecule has 1 saturated heterocycles. The molecule has 1 saturated carbocycles. The maximum absolute atomic E-state index is 5.86. The van der Waals surface area contributed by atoms with Gasteiger partial charge < -0.3 is 15.4 Å². The second kappa shape index (κ2) is 5.24. The lowest BCUT2D eigenvalue weighted by Gasteiger charge is -2.39. The van der Waals surface area contributed by atoms with E-state index in [9.17, 15) is 0 Å². The molecular weight excluding hydrogens is 226 g/mol. The monoisotopic (exact) mass is 247 g/mol. The SMILES string of the molecule is NCCc1cccnc1N1CCOC2CCCC21. The number of ether oxygens (including phenoxy) is 1. The molecule has 1 aromatic heterocycles. The summed E-state index contributed by atoms with van der Waals surface area (Å²) >= 11 is 0. The Morgan fingerprint density at radius 1 is 1.44 bits per heavy atom. The van der Waals surface area contributed by atoms with Crippen LogP contribution in [0.4, 0.5) is 5.82 Å². The number of aromatic nitrogens is 1. The molecule has 2 fully saturated rings. The fraction of sp³-hybridized carbons (Fsp3) is 0.643. The molecule has 0 bridgehead atoms. The summed E-state index contributed by atoms with van der Waals surface area (Å²) in [4.78, 5) is 7.05. The lowest BCUT2D eigenvalue weighted by Crippen LogP contribution is -2.49. The summed E-state index contributed by atoms with van der Waals surface area (Å²) in [6, 6.07) is 4.67. The second-order valence-electron chi connectivity index (χ2n) is 5.13. The average molecular weight is 247 g/mol. The first-order chi connectivity index (χ1) is 8.90. The number of hydrogen-bond acceptors (Lipinski definition) is 4. The van der Waals surface area contributed by atoms with E-state index in [1.807, 2.05) is 12.3 Å². The van der Waals surface area contributed by atoms with Gasteiger partial charge in [0.1, 0.15) is 5.82 Å². The first-order valence-electron chi connectivity index (χ1n) is 6.92. The maximum Gasteiger partial charge on any atom is 0.132 e. The van der Waals surface area contributed by atoms with Crippen molar-refractivity contribution >= 4 is 5.82 Å². The van der Waals surface area contributed by atoms with Gasteiger partial charge in [-0.2, -0.15) is 0 Å². The lowest BCUT2D eigenvalue weighted by atomic mass is 10.1. The number of hydrogen-bond donors (Lipinski definition) is 1. The number of morpholine rings is 1. The summed E-state index contributed by atoms with van der Waals surface area (Å²) in [5.74, 6) is 1.13. The van der Waals surface area contributed by atoms with Crippen LogP contribution in [-0.2, 0) is 11.2 Å². The molecule has 0 radical (unpaired) electrons. The summed E-state index contributed by atoms with van der Waals surface area (Å²) in [5.41, 5.74) is 6.97. The van der Waals surface area contributed by atoms with Gasteiger partial charge in [0.15, 0.2) is 0 Å². The zero-order valence-corrected chi connectivity index (χ0v) is 10.7. The van der Waals surface area contributed by atoms with E-state index in [-0.39, 0.29) is 0 Å². The predicted octanol–water partition coefficient (Wildman–Crippen LogP) is 1.34. The van der Waals surface area contributed by atoms with E-state index < -0.39 is 0 Å². The van der Waals surface area contributed by atoms with Gasteiger partial charge in [0, 0.05) is 12.7 Å². The van der Waals surface area contributed by atoms with Gasteiger partial charge in [0.25, 0.3) is 0 Å². The number of nitrogens with zero attached hydrogens (tertiary/aromatic N) is 2. The molecule has 2 atom stereocenters. The number of pyridine rings is 1. The van der Waals surface area contributed by atoms with Crippen molar-refractivity contribution in [3.05, 3.63) is 23.9 Å². The third kappa shape index (κ3) is 2.10. The quantitative estimate of drug-likeness (QED) is 0.875. The minimum atomic E-state index is 0.409. The summed E-state index contributed by atoms with van der Waals surface area (Å²) < 4.78 is 5.86. The van der Waals surface area contributed by atoms with Crippen molar-refractivity contribution in [2.24, 2.45) is 5.73 Å². The Morgan fingerprint density at radius 2 is 2.39 bits per heavy atom. The number of anilines is 1. The van der Waals surface area contributed by atoms with Crippen molar-refractivity contribution in [2.75, 3.05) is 24.6 Å². The summed E-state index contributed by atoms with van der Waals surface area (Å²) in [6.07, 6.45) is 6.88.